The second kappa shape index (κ2) is 45.9. The lowest BCUT2D eigenvalue weighted by Gasteiger charge is -2.24. The Bertz CT molecular complexity index is 821. The molecule has 0 saturated carbocycles. The second-order valence-electron chi connectivity index (χ2n) is 17.9. The van der Waals surface area contributed by atoms with Gasteiger partial charge in [0.2, 0.25) is 5.91 Å². The number of carbonyl (C=O) groups excluding carboxylic acids is 2. The van der Waals surface area contributed by atoms with Gasteiger partial charge >= 0.3 is 5.97 Å². The zero-order valence-electron chi connectivity index (χ0n) is 38.8. The minimum Gasteiger partial charge on any atom is -0.462 e. The normalized spacial score (nSPS) is 13.1. The highest BCUT2D eigenvalue weighted by Crippen LogP contribution is 2.19. The van der Waals surface area contributed by atoms with E-state index in [1.807, 2.05) is 0 Å². The van der Waals surface area contributed by atoms with Gasteiger partial charge in [0.15, 0.2) is 0 Å². The monoisotopic (exact) mass is 808 g/mol. The summed E-state index contributed by atoms with van der Waals surface area (Å²) in [4.78, 5) is 26.1. The SMILES string of the molecule is CCCCCCCCCCCCCCCCCCC(=O)OC(CCCCCCCCCCCCC)CC(=O)NC(CO)C(O)CCCCCCCCCCCCC. The molecule has 0 fully saturated rings. The molecule has 0 aliphatic rings. The summed E-state index contributed by atoms with van der Waals surface area (Å²) in [6.45, 7) is 6.50. The van der Waals surface area contributed by atoms with Crippen molar-refractivity contribution in [1.82, 2.24) is 5.32 Å². The van der Waals surface area contributed by atoms with Crippen LogP contribution in [0.5, 0.6) is 0 Å². The van der Waals surface area contributed by atoms with Crippen LogP contribution in [-0.2, 0) is 14.3 Å². The fourth-order valence-corrected chi connectivity index (χ4v) is 8.26. The molecule has 0 rings (SSSR count). The van der Waals surface area contributed by atoms with Gasteiger partial charge in [0.05, 0.1) is 25.2 Å². The van der Waals surface area contributed by atoms with E-state index in [2.05, 4.69) is 26.1 Å². The van der Waals surface area contributed by atoms with Crippen LogP contribution in [0.15, 0.2) is 0 Å². The van der Waals surface area contributed by atoms with Crippen molar-refractivity contribution in [2.24, 2.45) is 0 Å². The predicted molar refractivity (Wildman–Crippen MR) is 246 cm³/mol. The Morgan fingerprint density at radius 2 is 0.737 bits per heavy atom. The van der Waals surface area contributed by atoms with Gasteiger partial charge in [-0.2, -0.15) is 0 Å². The first-order chi connectivity index (χ1) is 28.0. The van der Waals surface area contributed by atoms with Gasteiger partial charge in [-0.3, -0.25) is 9.59 Å². The third-order valence-electron chi connectivity index (χ3n) is 12.2. The standard InChI is InChI=1S/C51H101NO5/c1-4-7-10-13-16-19-22-23-24-25-26-29-32-35-38-41-44-51(56)57-47(42-39-36-33-30-27-20-17-14-11-8-5-2)45-50(55)52-48(46-53)49(54)43-40-37-34-31-28-21-18-15-12-9-6-3/h47-49,53-54H,4-46H2,1-3H3,(H,52,55). The van der Waals surface area contributed by atoms with Crippen LogP contribution in [0.4, 0.5) is 0 Å². The summed E-state index contributed by atoms with van der Waals surface area (Å²) in [6, 6.07) is -0.691. The maximum atomic E-state index is 13.2. The molecule has 1 amide bonds. The number of rotatable bonds is 47. The van der Waals surface area contributed by atoms with Crippen molar-refractivity contribution in [2.45, 2.75) is 309 Å². The number of hydrogen-bond donors (Lipinski definition) is 3. The van der Waals surface area contributed by atoms with Crippen LogP contribution in [0.25, 0.3) is 0 Å². The van der Waals surface area contributed by atoms with Gasteiger partial charge in [-0.1, -0.05) is 252 Å². The molecular weight excluding hydrogens is 707 g/mol. The van der Waals surface area contributed by atoms with Crippen LogP contribution in [0.1, 0.15) is 290 Å². The Morgan fingerprint density at radius 1 is 0.439 bits per heavy atom. The van der Waals surface area contributed by atoms with Gasteiger partial charge in [0.1, 0.15) is 6.10 Å². The quantitative estimate of drug-likeness (QED) is 0.0420. The molecule has 0 aliphatic carbocycles. The highest BCUT2D eigenvalue weighted by Gasteiger charge is 2.24. The molecule has 6 heteroatoms. The first-order valence-corrected chi connectivity index (χ1v) is 25.8. The fraction of sp³-hybridized carbons (Fsp3) is 0.961. The summed E-state index contributed by atoms with van der Waals surface area (Å²) in [5, 5.41) is 23.7. The van der Waals surface area contributed by atoms with Crippen molar-refractivity contribution in [2.75, 3.05) is 6.61 Å². The van der Waals surface area contributed by atoms with Crippen LogP contribution in [0.2, 0.25) is 0 Å². The number of ether oxygens (including phenoxy) is 1. The molecule has 0 bridgehead atoms. The summed E-state index contributed by atoms with van der Waals surface area (Å²) in [6.07, 6.45) is 48.8. The van der Waals surface area contributed by atoms with Crippen LogP contribution >= 0.6 is 0 Å². The van der Waals surface area contributed by atoms with Gasteiger partial charge in [-0.25, -0.2) is 0 Å². The molecule has 0 aromatic heterocycles. The minimum atomic E-state index is -0.778. The summed E-state index contributed by atoms with van der Waals surface area (Å²) >= 11 is 0. The number of nitrogens with one attached hydrogen (secondary N) is 1. The number of esters is 1. The van der Waals surface area contributed by atoms with Gasteiger partial charge in [-0.15, -0.1) is 0 Å². The number of aliphatic hydroxyl groups is 2. The molecule has 3 unspecified atom stereocenters. The molecule has 3 N–H and O–H groups in total. The lowest BCUT2D eigenvalue weighted by atomic mass is 10.0. The van der Waals surface area contributed by atoms with E-state index in [0.717, 1.165) is 38.5 Å². The molecule has 6 nitrogen and oxygen atoms in total. The topological polar surface area (TPSA) is 95.9 Å². The van der Waals surface area contributed by atoms with Crippen LogP contribution in [0.3, 0.4) is 0 Å². The minimum absolute atomic E-state index is 0.0874. The molecule has 0 spiro atoms. The molecule has 0 saturated heterocycles. The van der Waals surface area contributed by atoms with E-state index in [1.54, 1.807) is 0 Å². The lowest BCUT2D eigenvalue weighted by Crippen LogP contribution is -2.46. The van der Waals surface area contributed by atoms with E-state index in [4.69, 9.17) is 4.74 Å². The Hall–Kier alpha value is -1.14. The highest BCUT2D eigenvalue weighted by molar-refractivity contribution is 5.77. The van der Waals surface area contributed by atoms with Crippen molar-refractivity contribution < 1.29 is 24.5 Å². The molecule has 0 heterocycles. The number of aliphatic hydroxyl groups excluding tert-OH is 2. The van der Waals surface area contributed by atoms with Crippen molar-refractivity contribution in [3.8, 4) is 0 Å². The van der Waals surface area contributed by atoms with Crippen molar-refractivity contribution in [3.05, 3.63) is 0 Å². The summed E-state index contributed by atoms with van der Waals surface area (Å²) in [7, 11) is 0. The highest BCUT2D eigenvalue weighted by atomic mass is 16.5. The van der Waals surface area contributed by atoms with Crippen molar-refractivity contribution >= 4 is 11.9 Å². The van der Waals surface area contributed by atoms with Gasteiger partial charge in [0, 0.05) is 6.42 Å². The summed E-state index contributed by atoms with van der Waals surface area (Å²) in [5.74, 6) is -0.452. The van der Waals surface area contributed by atoms with E-state index in [0.29, 0.717) is 19.3 Å². The second-order valence-corrected chi connectivity index (χ2v) is 17.9. The maximum absolute atomic E-state index is 13.2. The Kier molecular flexibility index (Phi) is 45.0. The number of carbonyl (C=O) groups is 2. The van der Waals surface area contributed by atoms with E-state index >= 15 is 0 Å². The van der Waals surface area contributed by atoms with Gasteiger partial charge < -0.3 is 20.3 Å². The molecule has 0 aromatic carbocycles. The average molecular weight is 808 g/mol. The molecule has 340 valence electrons. The Morgan fingerprint density at radius 3 is 1.07 bits per heavy atom. The van der Waals surface area contributed by atoms with Gasteiger partial charge in [0.25, 0.3) is 0 Å². The molecule has 0 radical (unpaired) electrons. The Labute approximate surface area is 356 Å². The number of hydrogen-bond acceptors (Lipinski definition) is 5. The van der Waals surface area contributed by atoms with Crippen molar-refractivity contribution in [3.63, 3.8) is 0 Å². The number of amides is 1. The third-order valence-corrected chi connectivity index (χ3v) is 12.2. The maximum Gasteiger partial charge on any atom is 0.306 e. The molecule has 0 aromatic rings. The van der Waals surface area contributed by atoms with Crippen LogP contribution in [0, 0.1) is 0 Å². The predicted octanol–water partition coefficient (Wildman–Crippen LogP) is 15.2. The van der Waals surface area contributed by atoms with E-state index in [1.165, 1.54) is 205 Å². The molecule has 3 atom stereocenters. The van der Waals surface area contributed by atoms with E-state index in [9.17, 15) is 19.8 Å². The Balaban J connectivity index is 4.46. The van der Waals surface area contributed by atoms with Gasteiger partial charge in [-0.05, 0) is 25.7 Å². The molecule has 57 heavy (non-hydrogen) atoms. The largest absolute Gasteiger partial charge is 0.462 e. The van der Waals surface area contributed by atoms with Crippen molar-refractivity contribution in [1.29, 1.82) is 0 Å². The third kappa shape index (κ3) is 41.4. The van der Waals surface area contributed by atoms with E-state index in [-0.39, 0.29) is 24.9 Å². The first kappa shape index (κ1) is 55.9. The summed E-state index contributed by atoms with van der Waals surface area (Å²) in [5.41, 5.74) is 0. The number of unbranched alkanes of at least 4 members (excludes halogenated alkanes) is 35. The van der Waals surface area contributed by atoms with E-state index < -0.39 is 18.2 Å². The fourth-order valence-electron chi connectivity index (χ4n) is 8.26. The van der Waals surface area contributed by atoms with Crippen LogP contribution < -0.4 is 5.32 Å². The first-order valence-electron chi connectivity index (χ1n) is 25.8. The molecule has 0 aliphatic heterocycles. The summed E-state index contributed by atoms with van der Waals surface area (Å²) < 4.78 is 5.93. The zero-order valence-corrected chi connectivity index (χ0v) is 38.8. The smallest absolute Gasteiger partial charge is 0.306 e. The molecular formula is C51H101NO5. The average Bonchev–Trinajstić information content (AvgIpc) is 3.20. The zero-order chi connectivity index (χ0) is 41.7. The lowest BCUT2D eigenvalue weighted by molar-refractivity contribution is -0.151. The van der Waals surface area contributed by atoms with Crippen LogP contribution in [-0.4, -0.2) is 46.9 Å².